The number of para-hydroxylation sites is 1. The minimum atomic E-state index is -2.98. The summed E-state index contributed by atoms with van der Waals surface area (Å²) in [5.41, 5.74) is 1.24. The predicted molar refractivity (Wildman–Crippen MR) is 72.7 cm³/mol. The fourth-order valence-electron chi connectivity index (χ4n) is 1.74. The van der Waals surface area contributed by atoms with E-state index in [2.05, 4.69) is 4.74 Å². The van der Waals surface area contributed by atoms with Crippen LogP contribution in [0, 0.1) is 6.92 Å². The van der Waals surface area contributed by atoms with E-state index in [-0.39, 0.29) is 11.3 Å². The van der Waals surface area contributed by atoms with E-state index < -0.39 is 12.4 Å². The molecule has 0 aliphatic carbocycles. The zero-order chi connectivity index (χ0) is 14.7. The van der Waals surface area contributed by atoms with Crippen LogP contribution in [0.2, 0.25) is 5.02 Å². The largest absolute Gasteiger partial charge is 0.434 e. The maximum absolute atomic E-state index is 12.3. The highest BCUT2D eigenvalue weighted by molar-refractivity contribution is 6.32. The third-order valence-electron chi connectivity index (χ3n) is 2.78. The monoisotopic (exact) mass is 296 g/mol. The summed E-state index contributed by atoms with van der Waals surface area (Å²) in [5.74, 6) is -0.563. The molecule has 0 fully saturated rings. The van der Waals surface area contributed by atoms with Crippen LogP contribution < -0.4 is 4.74 Å². The molecule has 0 N–H and O–H groups in total. The number of aryl methyl sites for hydroxylation is 1. The summed E-state index contributed by atoms with van der Waals surface area (Å²) >= 11 is 5.97. The van der Waals surface area contributed by atoms with Crippen LogP contribution in [-0.2, 0) is 0 Å². The first-order valence-electron chi connectivity index (χ1n) is 5.83. The lowest BCUT2D eigenvalue weighted by atomic mass is 10.0. The van der Waals surface area contributed by atoms with E-state index in [1.54, 1.807) is 18.2 Å². The van der Waals surface area contributed by atoms with Crippen molar-refractivity contribution in [2.45, 2.75) is 13.5 Å². The smallest absolute Gasteiger partial charge is 0.387 e. The Morgan fingerprint density at radius 3 is 2.55 bits per heavy atom. The Bertz CT molecular complexity index is 642. The van der Waals surface area contributed by atoms with Gasteiger partial charge >= 0.3 is 6.61 Å². The predicted octanol–water partition coefficient (Wildman–Crippen LogP) is 4.48. The number of benzene rings is 2. The first kappa shape index (κ1) is 14.5. The van der Waals surface area contributed by atoms with Gasteiger partial charge in [0, 0.05) is 10.6 Å². The first-order chi connectivity index (χ1) is 9.49. The topological polar surface area (TPSA) is 26.3 Å². The number of ether oxygens (including phenoxy) is 1. The van der Waals surface area contributed by atoms with E-state index in [0.717, 1.165) is 5.56 Å². The lowest BCUT2D eigenvalue weighted by molar-refractivity contribution is -0.0501. The van der Waals surface area contributed by atoms with Crippen LogP contribution in [0.25, 0.3) is 0 Å². The van der Waals surface area contributed by atoms with Gasteiger partial charge in [0.1, 0.15) is 5.75 Å². The summed E-state index contributed by atoms with van der Waals surface area (Å²) in [7, 11) is 0. The fourth-order valence-corrected chi connectivity index (χ4v) is 1.92. The maximum Gasteiger partial charge on any atom is 0.387 e. The van der Waals surface area contributed by atoms with Gasteiger partial charge in [-0.05, 0) is 30.7 Å². The molecular formula is C15H11ClF2O2. The van der Waals surface area contributed by atoms with Crippen LogP contribution in [-0.4, -0.2) is 12.4 Å². The second-order valence-electron chi connectivity index (χ2n) is 4.17. The minimum absolute atomic E-state index is 0.0766. The molecule has 0 heterocycles. The average Bonchev–Trinajstić information content (AvgIpc) is 2.41. The van der Waals surface area contributed by atoms with E-state index in [9.17, 15) is 13.6 Å². The lowest BCUT2D eigenvalue weighted by Gasteiger charge is -2.10. The quantitative estimate of drug-likeness (QED) is 0.778. The number of hydrogen-bond donors (Lipinski definition) is 0. The van der Waals surface area contributed by atoms with Crippen LogP contribution in [0.3, 0.4) is 0 Å². The van der Waals surface area contributed by atoms with Gasteiger partial charge in [0.15, 0.2) is 5.78 Å². The van der Waals surface area contributed by atoms with E-state index in [1.807, 2.05) is 6.92 Å². The fraction of sp³-hybridized carbons (Fsp3) is 0.133. The summed E-state index contributed by atoms with van der Waals surface area (Å²) in [6.07, 6.45) is 0. The highest BCUT2D eigenvalue weighted by Gasteiger charge is 2.17. The molecule has 0 radical (unpaired) electrons. The van der Waals surface area contributed by atoms with E-state index in [0.29, 0.717) is 10.6 Å². The normalized spacial score (nSPS) is 10.7. The molecule has 0 aliphatic rings. The SMILES string of the molecule is Cc1ccc(C(=O)c2ccccc2OC(F)F)cc1Cl. The summed E-state index contributed by atoms with van der Waals surface area (Å²) in [6, 6.07) is 10.7. The molecule has 0 aliphatic heterocycles. The van der Waals surface area contributed by atoms with Crippen LogP contribution in [0.4, 0.5) is 8.78 Å². The Balaban J connectivity index is 2.40. The Morgan fingerprint density at radius 1 is 1.20 bits per heavy atom. The van der Waals surface area contributed by atoms with Crippen molar-refractivity contribution in [1.29, 1.82) is 0 Å². The Kier molecular flexibility index (Phi) is 4.35. The number of carbonyl (C=O) groups excluding carboxylic acids is 1. The highest BCUT2D eigenvalue weighted by atomic mass is 35.5. The zero-order valence-corrected chi connectivity index (χ0v) is 11.3. The zero-order valence-electron chi connectivity index (χ0n) is 10.6. The molecule has 2 aromatic rings. The van der Waals surface area contributed by atoms with Crippen molar-refractivity contribution in [2.24, 2.45) is 0 Å². The summed E-state index contributed by atoms with van der Waals surface area (Å²) in [5, 5.41) is 0.447. The maximum atomic E-state index is 12.3. The van der Waals surface area contributed by atoms with Crippen molar-refractivity contribution >= 4 is 17.4 Å². The highest BCUT2D eigenvalue weighted by Crippen LogP contribution is 2.25. The van der Waals surface area contributed by atoms with Crippen molar-refractivity contribution in [3.05, 3.63) is 64.2 Å². The Hall–Kier alpha value is -1.94. The van der Waals surface area contributed by atoms with Gasteiger partial charge in [-0.25, -0.2) is 0 Å². The third kappa shape index (κ3) is 3.14. The van der Waals surface area contributed by atoms with Gasteiger partial charge in [-0.15, -0.1) is 0 Å². The summed E-state index contributed by atoms with van der Waals surface area (Å²) in [4.78, 5) is 12.3. The van der Waals surface area contributed by atoms with Gasteiger partial charge in [-0.3, -0.25) is 4.79 Å². The third-order valence-corrected chi connectivity index (χ3v) is 3.19. The minimum Gasteiger partial charge on any atom is -0.434 e. The molecule has 0 atom stereocenters. The Labute approximate surface area is 119 Å². The Morgan fingerprint density at radius 2 is 1.90 bits per heavy atom. The standard InChI is InChI=1S/C15H11ClF2O2/c1-9-6-7-10(8-12(9)16)14(19)11-4-2-3-5-13(11)20-15(17)18/h2-8,15H,1H3. The number of ketones is 1. The second kappa shape index (κ2) is 6.01. The van der Waals surface area contributed by atoms with E-state index >= 15 is 0 Å². The number of carbonyl (C=O) groups is 1. The van der Waals surface area contributed by atoms with Crippen molar-refractivity contribution < 1.29 is 18.3 Å². The van der Waals surface area contributed by atoms with Gasteiger partial charge in [0.25, 0.3) is 0 Å². The molecule has 2 nitrogen and oxygen atoms in total. The van der Waals surface area contributed by atoms with Crippen molar-refractivity contribution in [2.75, 3.05) is 0 Å². The number of alkyl halides is 2. The molecule has 0 spiro atoms. The first-order valence-corrected chi connectivity index (χ1v) is 6.21. The number of halogens is 3. The average molecular weight is 297 g/mol. The summed E-state index contributed by atoms with van der Waals surface area (Å²) < 4.78 is 29.0. The number of rotatable bonds is 4. The molecule has 5 heteroatoms. The molecule has 2 aromatic carbocycles. The van der Waals surface area contributed by atoms with Crippen LogP contribution in [0.1, 0.15) is 21.5 Å². The number of hydrogen-bond acceptors (Lipinski definition) is 2. The molecule has 0 aromatic heterocycles. The van der Waals surface area contributed by atoms with Gasteiger partial charge in [0.2, 0.25) is 0 Å². The molecule has 0 saturated carbocycles. The van der Waals surface area contributed by atoms with Gasteiger partial charge < -0.3 is 4.74 Å². The van der Waals surface area contributed by atoms with Crippen molar-refractivity contribution in [1.82, 2.24) is 0 Å². The van der Waals surface area contributed by atoms with Gasteiger partial charge in [-0.2, -0.15) is 8.78 Å². The van der Waals surface area contributed by atoms with Crippen LogP contribution >= 0.6 is 11.6 Å². The molecular weight excluding hydrogens is 286 g/mol. The molecule has 20 heavy (non-hydrogen) atoms. The molecule has 104 valence electrons. The lowest BCUT2D eigenvalue weighted by Crippen LogP contribution is -2.09. The van der Waals surface area contributed by atoms with E-state index in [1.165, 1.54) is 24.3 Å². The van der Waals surface area contributed by atoms with E-state index in [4.69, 9.17) is 11.6 Å². The van der Waals surface area contributed by atoms with Gasteiger partial charge in [0.05, 0.1) is 5.56 Å². The van der Waals surface area contributed by atoms with Crippen LogP contribution in [0.5, 0.6) is 5.75 Å². The van der Waals surface area contributed by atoms with Crippen LogP contribution in [0.15, 0.2) is 42.5 Å². The van der Waals surface area contributed by atoms with Crippen molar-refractivity contribution in [3.63, 3.8) is 0 Å². The second-order valence-corrected chi connectivity index (χ2v) is 4.57. The van der Waals surface area contributed by atoms with Crippen molar-refractivity contribution in [3.8, 4) is 5.75 Å². The molecule has 0 amide bonds. The molecule has 2 rings (SSSR count). The molecule has 0 bridgehead atoms. The molecule has 0 saturated heterocycles. The summed E-state index contributed by atoms with van der Waals surface area (Å²) in [6.45, 7) is -1.17. The van der Waals surface area contributed by atoms with Gasteiger partial charge in [-0.1, -0.05) is 35.9 Å². The molecule has 0 unspecified atom stereocenters.